The van der Waals surface area contributed by atoms with Gasteiger partial charge in [-0.25, -0.2) is 0 Å². The Labute approximate surface area is 217 Å². The second-order valence-corrected chi connectivity index (χ2v) is 8.78. The van der Waals surface area contributed by atoms with Crippen LogP contribution in [0, 0.1) is 13.8 Å². The van der Waals surface area contributed by atoms with E-state index in [1.807, 2.05) is 69.2 Å². The Morgan fingerprint density at radius 1 is 0.571 bits per heavy atom. The third-order valence-electron chi connectivity index (χ3n) is 4.41. The fourth-order valence-electron chi connectivity index (χ4n) is 2.78. The molecule has 4 heteroatoms. The summed E-state index contributed by atoms with van der Waals surface area (Å²) in [6.45, 7) is 28.2. The first kappa shape index (κ1) is 43.1. The Morgan fingerprint density at radius 3 is 1.26 bits per heavy atom. The lowest BCUT2D eigenvalue weighted by atomic mass is 9.82. The summed E-state index contributed by atoms with van der Waals surface area (Å²) in [5.74, 6) is -0.122. The van der Waals surface area contributed by atoms with Crippen molar-refractivity contribution in [2.24, 2.45) is 0 Å². The first-order valence-electron chi connectivity index (χ1n) is 12.0. The molecule has 2 rings (SSSR count). The molecular formula is C31H57F3O. The summed E-state index contributed by atoms with van der Waals surface area (Å²) in [5, 5.41) is 0. The van der Waals surface area contributed by atoms with Gasteiger partial charge < -0.3 is 4.74 Å². The molecule has 0 radical (unpaired) electrons. The van der Waals surface area contributed by atoms with Crippen LogP contribution in [-0.2, 0) is 10.8 Å². The minimum atomic E-state index is -4.64. The maximum atomic E-state index is 12.2. The zero-order chi connectivity index (χ0) is 27.0. The Bertz CT molecular complexity index is 735. The van der Waals surface area contributed by atoms with Crippen molar-refractivity contribution in [3.63, 3.8) is 0 Å². The van der Waals surface area contributed by atoms with Crippen LogP contribution in [-0.4, -0.2) is 6.36 Å². The summed E-state index contributed by atoms with van der Waals surface area (Å²) in [6, 6.07) is 13.6. The molecule has 0 heterocycles. The van der Waals surface area contributed by atoms with Crippen LogP contribution in [0.15, 0.2) is 42.5 Å². The van der Waals surface area contributed by atoms with E-state index in [9.17, 15) is 13.2 Å². The van der Waals surface area contributed by atoms with Gasteiger partial charge in [-0.15, -0.1) is 13.2 Å². The van der Waals surface area contributed by atoms with Gasteiger partial charge in [0.2, 0.25) is 0 Å². The molecule has 0 atom stereocenters. The topological polar surface area (TPSA) is 9.23 Å². The van der Waals surface area contributed by atoms with Crippen molar-refractivity contribution in [2.75, 3.05) is 0 Å². The lowest BCUT2D eigenvalue weighted by molar-refractivity contribution is -0.274. The molecule has 0 saturated heterocycles. The van der Waals surface area contributed by atoms with Gasteiger partial charge in [-0.1, -0.05) is 134 Å². The minimum absolute atomic E-state index is 0. The summed E-state index contributed by atoms with van der Waals surface area (Å²) in [6.07, 6.45) is -4.64. The molecule has 35 heavy (non-hydrogen) atoms. The number of halogens is 3. The summed E-state index contributed by atoms with van der Waals surface area (Å²) >= 11 is 0. The van der Waals surface area contributed by atoms with Crippen LogP contribution in [0.1, 0.15) is 120 Å². The van der Waals surface area contributed by atoms with Crippen LogP contribution >= 0.6 is 0 Å². The summed E-state index contributed by atoms with van der Waals surface area (Å²) in [7, 11) is 0. The van der Waals surface area contributed by atoms with Gasteiger partial charge in [-0.3, -0.25) is 0 Å². The lowest BCUT2D eigenvalue weighted by Gasteiger charge is -2.24. The Balaban J connectivity index is -0.000000144. The van der Waals surface area contributed by atoms with Gasteiger partial charge in [-0.05, 0) is 53.0 Å². The van der Waals surface area contributed by atoms with Crippen LogP contribution in [0.4, 0.5) is 13.2 Å². The number of ether oxygens (including phenoxy) is 1. The number of rotatable bonds is 1. The van der Waals surface area contributed by atoms with E-state index in [0.717, 1.165) is 11.1 Å². The van der Waals surface area contributed by atoms with E-state index >= 15 is 0 Å². The van der Waals surface area contributed by atoms with Crippen LogP contribution in [0.5, 0.6) is 5.75 Å². The second kappa shape index (κ2) is 20.2. The van der Waals surface area contributed by atoms with E-state index in [2.05, 4.69) is 55.8 Å². The fraction of sp³-hybridized carbons (Fsp3) is 0.613. The van der Waals surface area contributed by atoms with Gasteiger partial charge in [0.15, 0.2) is 0 Å². The molecule has 0 aliphatic carbocycles. The van der Waals surface area contributed by atoms with Crippen molar-refractivity contribution in [3.8, 4) is 5.75 Å². The van der Waals surface area contributed by atoms with Crippen LogP contribution < -0.4 is 4.74 Å². The fourth-order valence-corrected chi connectivity index (χ4v) is 2.78. The highest BCUT2D eigenvalue weighted by atomic mass is 19.4. The normalized spacial score (nSPS) is 9.97. The van der Waals surface area contributed by atoms with Crippen LogP contribution in [0.3, 0.4) is 0 Å². The molecule has 208 valence electrons. The number of hydrogen-bond donors (Lipinski definition) is 0. The molecule has 2 aromatic rings. The average Bonchev–Trinajstić information content (AvgIpc) is 2.74. The predicted molar refractivity (Wildman–Crippen MR) is 154 cm³/mol. The molecule has 2 aromatic carbocycles. The number of alkyl halides is 3. The highest BCUT2D eigenvalue weighted by molar-refractivity contribution is 5.46. The molecule has 0 bridgehead atoms. The maximum Gasteiger partial charge on any atom is 0.573 e. The zero-order valence-electron chi connectivity index (χ0n) is 23.6. The Morgan fingerprint density at radius 2 is 0.971 bits per heavy atom. The van der Waals surface area contributed by atoms with Gasteiger partial charge in [0.1, 0.15) is 5.75 Å². The van der Waals surface area contributed by atoms with E-state index < -0.39 is 6.36 Å². The van der Waals surface area contributed by atoms with Crippen molar-refractivity contribution in [3.05, 3.63) is 64.7 Å². The summed E-state index contributed by atoms with van der Waals surface area (Å²) in [4.78, 5) is 0. The van der Waals surface area contributed by atoms with Crippen LogP contribution in [0.2, 0.25) is 0 Å². The minimum Gasteiger partial charge on any atom is -0.406 e. The van der Waals surface area contributed by atoms with Crippen molar-refractivity contribution in [1.82, 2.24) is 0 Å². The lowest BCUT2D eigenvalue weighted by Crippen LogP contribution is -2.19. The molecule has 0 saturated carbocycles. The molecular weight excluding hydrogens is 445 g/mol. The van der Waals surface area contributed by atoms with E-state index in [1.54, 1.807) is 13.0 Å². The van der Waals surface area contributed by atoms with Crippen molar-refractivity contribution in [1.29, 1.82) is 0 Å². The third-order valence-corrected chi connectivity index (χ3v) is 4.41. The molecule has 0 unspecified atom stereocenters. The largest absolute Gasteiger partial charge is 0.573 e. The highest BCUT2D eigenvalue weighted by Gasteiger charge is 2.32. The average molecular weight is 503 g/mol. The van der Waals surface area contributed by atoms with Crippen LogP contribution in [0.25, 0.3) is 0 Å². The van der Waals surface area contributed by atoms with Crippen molar-refractivity contribution >= 4 is 0 Å². The van der Waals surface area contributed by atoms with Gasteiger partial charge in [0.25, 0.3) is 0 Å². The van der Waals surface area contributed by atoms with E-state index in [-0.39, 0.29) is 26.0 Å². The van der Waals surface area contributed by atoms with Gasteiger partial charge in [-0.2, -0.15) is 0 Å². The maximum absolute atomic E-state index is 12.2. The monoisotopic (exact) mass is 502 g/mol. The van der Waals surface area contributed by atoms with Crippen molar-refractivity contribution < 1.29 is 17.9 Å². The van der Waals surface area contributed by atoms with Gasteiger partial charge in [0, 0.05) is 0 Å². The smallest absolute Gasteiger partial charge is 0.406 e. The van der Waals surface area contributed by atoms with Gasteiger partial charge >= 0.3 is 6.36 Å². The molecule has 0 amide bonds. The molecule has 0 N–H and O–H groups in total. The highest BCUT2D eigenvalue weighted by Crippen LogP contribution is 2.34. The molecule has 1 nitrogen and oxygen atoms in total. The number of benzene rings is 2. The van der Waals surface area contributed by atoms with E-state index in [0.29, 0.717) is 11.0 Å². The number of hydrogen-bond acceptors (Lipinski definition) is 1. The quantitative estimate of drug-likeness (QED) is 0.377. The standard InChI is InChI=1S/C13H17F3O.C10H14.3C2H6.2CH4/c1-8-9(2)11(17-13(14,15)16)7-6-10(8)12(3,4)5;1-10(2,3)9-7-5-4-6-8-9;3*1-2;;/h6-7H,1-5H3;4-8H,1-3H3;3*1-2H3;2*1H4. The van der Waals surface area contributed by atoms with Crippen molar-refractivity contribution in [2.45, 2.75) is 129 Å². The summed E-state index contributed by atoms with van der Waals surface area (Å²) in [5.41, 5.74) is 4.01. The molecule has 0 aliphatic rings. The zero-order valence-corrected chi connectivity index (χ0v) is 23.6. The molecule has 0 fully saturated rings. The first-order valence-corrected chi connectivity index (χ1v) is 12.0. The SMILES string of the molecule is C.C.CC.CC.CC.CC(C)(C)c1ccccc1.Cc1c(OC(F)(F)F)ccc(C(C)(C)C)c1C. The molecule has 0 spiro atoms. The van der Waals surface area contributed by atoms with E-state index in [1.165, 1.54) is 11.6 Å². The second-order valence-electron chi connectivity index (χ2n) is 8.78. The Kier molecular flexibility index (Phi) is 24.9. The predicted octanol–water partition coefficient (Wildman–Crippen LogP) is 11.8. The third kappa shape index (κ3) is 18.0. The Hall–Kier alpha value is -1.97. The van der Waals surface area contributed by atoms with Gasteiger partial charge in [0.05, 0.1) is 0 Å². The summed E-state index contributed by atoms with van der Waals surface area (Å²) < 4.78 is 40.5. The molecule has 0 aliphatic heterocycles. The first-order chi connectivity index (χ1) is 15.1. The molecule has 0 aromatic heterocycles. The van der Waals surface area contributed by atoms with E-state index in [4.69, 9.17) is 0 Å².